The van der Waals surface area contributed by atoms with Crippen LogP contribution >= 0.6 is 11.8 Å². The van der Waals surface area contributed by atoms with Gasteiger partial charge in [-0.15, -0.1) is 11.8 Å². The first-order chi connectivity index (χ1) is 8.22. The fourth-order valence-corrected chi connectivity index (χ4v) is 3.98. The topological polar surface area (TPSA) is 23.5 Å². The van der Waals surface area contributed by atoms with Crippen LogP contribution in [0.5, 0.6) is 5.75 Å². The van der Waals surface area contributed by atoms with E-state index >= 15 is 0 Å². The summed E-state index contributed by atoms with van der Waals surface area (Å²) in [5, 5.41) is 9.96. The Labute approximate surface area is 106 Å². The van der Waals surface area contributed by atoms with E-state index in [2.05, 4.69) is 24.1 Å². The molecule has 2 aliphatic rings. The first-order valence-corrected chi connectivity index (χ1v) is 6.96. The van der Waals surface area contributed by atoms with Crippen LogP contribution < -0.4 is 0 Å². The monoisotopic (exact) mass is 247 g/mol. The van der Waals surface area contributed by atoms with Crippen molar-refractivity contribution >= 4 is 11.8 Å². The number of aromatic hydroxyl groups is 1. The molecule has 17 heavy (non-hydrogen) atoms. The van der Waals surface area contributed by atoms with Gasteiger partial charge in [0.1, 0.15) is 5.75 Å². The van der Waals surface area contributed by atoms with Crippen LogP contribution in [0.25, 0.3) is 0 Å². The maximum absolute atomic E-state index is 9.27. The predicted molar refractivity (Wildman–Crippen MR) is 71.5 cm³/mol. The molecule has 1 fully saturated rings. The van der Waals surface area contributed by atoms with Crippen molar-refractivity contribution in [3.05, 3.63) is 36.4 Å². The highest BCUT2D eigenvalue weighted by Gasteiger charge is 2.34. The summed E-state index contributed by atoms with van der Waals surface area (Å²) in [6, 6.07) is 8.81. The smallest absolute Gasteiger partial charge is 0.115 e. The summed E-state index contributed by atoms with van der Waals surface area (Å²) < 4.78 is 0. The summed E-state index contributed by atoms with van der Waals surface area (Å²) in [7, 11) is 2.22. The lowest BCUT2D eigenvalue weighted by molar-refractivity contribution is 0.200. The van der Waals surface area contributed by atoms with E-state index in [0.717, 1.165) is 0 Å². The Bertz CT molecular complexity index is 412. The molecule has 2 heterocycles. The molecule has 1 saturated heterocycles. The highest BCUT2D eigenvalue weighted by atomic mass is 32.2. The maximum Gasteiger partial charge on any atom is 0.115 e. The Hall–Kier alpha value is -0.930. The van der Waals surface area contributed by atoms with Gasteiger partial charge in [-0.2, -0.15) is 0 Å². The molecule has 1 aromatic carbocycles. The molecular weight excluding hydrogens is 230 g/mol. The minimum atomic E-state index is 0.347. The number of hydrogen-bond donors (Lipinski definition) is 1. The first-order valence-electron chi connectivity index (χ1n) is 6.08. The van der Waals surface area contributed by atoms with E-state index in [9.17, 15) is 5.11 Å². The lowest BCUT2D eigenvalue weighted by Gasteiger charge is -2.36. The van der Waals surface area contributed by atoms with Crippen molar-refractivity contribution in [2.75, 3.05) is 7.05 Å². The van der Waals surface area contributed by atoms with E-state index in [1.54, 1.807) is 12.1 Å². The van der Waals surface area contributed by atoms with E-state index in [-0.39, 0.29) is 0 Å². The molecule has 2 atom stereocenters. The Morgan fingerprint density at radius 2 is 1.71 bits per heavy atom. The van der Waals surface area contributed by atoms with Crippen molar-refractivity contribution in [2.45, 2.75) is 35.1 Å². The second kappa shape index (κ2) is 4.39. The summed E-state index contributed by atoms with van der Waals surface area (Å²) in [6.07, 6.45) is 7.16. The van der Waals surface area contributed by atoms with E-state index < -0.39 is 0 Å². The fraction of sp³-hybridized carbons (Fsp3) is 0.429. The van der Waals surface area contributed by atoms with Gasteiger partial charge >= 0.3 is 0 Å². The third kappa shape index (κ3) is 2.22. The van der Waals surface area contributed by atoms with E-state index in [4.69, 9.17) is 0 Å². The second-order valence-electron chi connectivity index (χ2n) is 4.89. The van der Waals surface area contributed by atoms with Gasteiger partial charge in [-0.3, -0.25) is 4.90 Å². The third-order valence-corrected chi connectivity index (χ3v) is 5.01. The minimum absolute atomic E-state index is 0.347. The number of thioether (sulfide) groups is 1. The average molecular weight is 247 g/mol. The number of piperidine rings is 1. The van der Waals surface area contributed by atoms with Crippen molar-refractivity contribution in [2.24, 2.45) is 0 Å². The predicted octanol–water partition coefficient (Wildman–Crippen LogP) is 2.89. The van der Waals surface area contributed by atoms with Gasteiger partial charge in [0.15, 0.2) is 0 Å². The van der Waals surface area contributed by atoms with Gasteiger partial charge in [0.25, 0.3) is 0 Å². The minimum Gasteiger partial charge on any atom is -0.508 e. The molecule has 1 aromatic rings. The van der Waals surface area contributed by atoms with Crippen molar-refractivity contribution in [3.8, 4) is 5.75 Å². The molecule has 3 rings (SSSR count). The van der Waals surface area contributed by atoms with E-state index in [1.807, 2.05) is 23.9 Å². The van der Waals surface area contributed by atoms with Crippen molar-refractivity contribution in [1.29, 1.82) is 0 Å². The summed E-state index contributed by atoms with van der Waals surface area (Å²) in [5.41, 5.74) is 0. The second-order valence-corrected chi connectivity index (χ2v) is 6.26. The number of likely N-dealkylation sites (N-methyl/N-ethyl adjacent to an activating group) is 1. The van der Waals surface area contributed by atoms with Gasteiger partial charge < -0.3 is 5.11 Å². The molecule has 0 radical (unpaired) electrons. The molecule has 1 N–H and O–H groups in total. The van der Waals surface area contributed by atoms with Gasteiger partial charge in [0.2, 0.25) is 0 Å². The average Bonchev–Trinajstić information content (AvgIpc) is 2.55. The number of nitrogens with zero attached hydrogens (tertiary/aromatic N) is 1. The Morgan fingerprint density at radius 1 is 1.12 bits per heavy atom. The standard InChI is InChI=1S/C14H17NOS/c1-15-10-2-3-11(15)9-14(8-10)17-13-6-4-12(16)5-7-13/h2-7,10-11,14,16H,8-9H2,1H3. The Morgan fingerprint density at radius 3 is 2.29 bits per heavy atom. The Balaban J connectivity index is 1.66. The molecule has 0 aromatic heterocycles. The normalized spacial score (nSPS) is 31.9. The van der Waals surface area contributed by atoms with Gasteiger partial charge in [0, 0.05) is 22.2 Å². The van der Waals surface area contributed by atoms with Crippen LogP contribution in [0, 0.1) is 0 Å². The van der Waals surface area contributed by atoms with Gasteiger partial charge in [0.05, 0.1) is 0 Å². The van der Waals surface area contributed by atoms with Crippen molar-refractivity contribution in [1.82, 2.24) is 4.90 Å². The van der Waals surface area contributed by atoms with Crippen LogP contribution in [-0.4, -0.2) is 34.4 Å². The van der Waals surface area contributed by atoms with Gasteiger partial charge in [-0.25, -0.2) is 0 Å². The van der Waals surface area contributed by atoms with Crippen LogP contribution in [0.15, 0.2) is 41.3 Å². The summed E-state index contributed by atoms with van der Waals surface area (Å²) in [5.74, 6) is 0.347. The number of phenolic OH excluding ortho intramolecular Hbond substituents is 1. The summed E-state index contributed by atoms with van der Waals surface area (Å²) >= 11 is 1.94. The van der Waals surface area contributed by atoms with E-state index in [1.165, 1.54) is 17.7 Å². The quantitative estimate of drug-likeness (QED) is 0.813. The van der Waals surface area contributed by atoms with Crippen molar-refractivity contribution in [3.63, 3.8) is 0 Å². The molecule has 90 valence electrons. The molecule has 2 bridgehead atoms. The molecule has 2 aliphatic heterocycles. The lowest BCUT2D eigenvalue weighted by Crippen LogP contribution is -2.41. The van der Waals surface area contributed by atoms with Gasteiger partial charge in [-0.1, -0.05) is 12.2 Å². The highest BCUT2D eigenvalue weighted by Crippen LogP contribution is 2.38. The van der Waals surface area contributed by atoms with Gasteiger partial charge in [-0.05, 0) is 44.2 Å². The molecule has 0 amide bonds. The molecular formula is C14H17NOS. The fourth-order valence-electron chi connectivity index (χ4n) is 2.71. The number of fused-ring (bicyclic) bond motifs is 2. The SMILES string of the molecule is CN1C2C=CC1CC(Sc1ccc(O)cc1)C2. The molecule has 2 unspecified atom stereocenters. The lowest BCUT2D eigenvalue weighted by atomic mass is 10.0. The maximum atomic E-state index is 9.27. The molecule has 2 nitrogen and oxygen atoms in total. The molecule has 0 spiro atoms. The molecule has 0 aliphatic carbocycles. The number of phenols is 1. The Kier molecular flexibility index (Phi) is 2.89. The van der Waals surface area contributed by atoms with Crippen molar-refractivity contribution < 1.29 is 5.11 Å². The largest absolute Gasteiger partial charge is 0.508 e. The number of rotatable bonds is 2. The zero-order valence-electron chi connectivity index (χ0n) is 9.91. The van der Waals surface area contributed by atoms with Crippen LogP contribution in [0.1, 0.15) is 12.8 Å². The van der Waals surface area contributed by atoms with E-state index in [0.29, 0.717) is 23.1 Å². The number of benzene rings is 1. The zero-order valence-corrected chi connectivity index (χ0v) is 10.7. The first kappa shape index (κ1) is 11.2. The highest BCUT2D eigenvalue weighted by molar-refractivity contribution is 8.00. The summed E-state index contributed by atoms with van der Waals surface area (Å²) in [4.78, 5) is 3.73. The molecule has 3 heteroatoms. The van der Waals surface area contributed by atoms with Crippen LogP contribution in [0.4, 0.5) is 0 Å². The third-order valence-electron chi connectivity index (χ3n) is 3.75. The number of hydrogen-bond acceptors (Lipinski definition) is 3. The summed E-state index contributed by atoms with van der Waals surface area (Å²) in [6.45, 7) is 0. The van der Waals surface area contributed by atoms with Crippen LogP contribution in [-0.2, 0) is 0 Å². The van der Waals surface area contributed by atoms with Crippen LogP contribution in [0.2, 0.25) is 0 Å². The zero-order chi connectivity index (χ0) is 11.8. The molecule has 0 saturated carbocycles. The van der Waals surface area contributed by atoms with Crippen LogP contribution in [0.3, 0.4) is 0 Å².